The fourth-order valence-electron chi connectivity index (χ4n) is 2.35. The van der Waals surface area contributed by atoms with Gasteiger partial charge in [-0.1, -0.05) is 32.9 Å². The molecule has 2 N–H and O–H groups in total. The van der Waals surface area contributed by atoms with E-state index in [1.165, 1.54) is 0 Å². The lowest BCUT2D eigenvalue weighted by Crippen LogP contribution is -2.36. The molecular weight excluding hydrogens is 242 g/mol. The van der Waals surface area contributed by atoms with Crippen molar-refractivity contribution in [3.8, 4) is 5.75 Å². The van der Waals surface area contributed by atoms with Gasteiger partial charge in [-0.25, -0.2) is 0 Å². The fraction of sp³-hybridized carbons (Fsp3) is 0.533. The molecule has 0 heterocycles. The van der Waals surface area contributed by atoms with Gasteiger partial charge in [0.25, 0.3) is 0 Å². The number of carboxylic acid groups (broad SMARTS) is 1. The average Bonchev–Trinajstić information content (AvgIpc) is 2.30. The van der Waals surface area contributed by atoms with Crippen LogP contribution in [0, 0.1) is 5.92 Å². The summed E-state index contributed by atoms with van der Waals surface area (Å²) in [4.78, 5) is 13.0. The van der Waals surface area contributed by atoms with Crippen molar-refractivity contribution in [3.05, 3.63) is 29.8 Å². The van der Waals surface area contributed by atoms with E-state index in [0.717, 1.165) is 18.5 Å². The van der Waals surface area contributed by atoms with Crippen molar-refractivity contribution in [2.24, 2.45) is 5.92 Å². The van der Waals surface area contributed by atoms with Gasteiger partial charge in [-0.2, -0.15) is 0 Å². The van der Waals surface area contributed by atoms with Crippen molar-refractivity contribution in [2.75, 3.05) is 13.1 Å². The Kier molecular flexibility index (Phi) is 5.83. The molecule has 0 bridgehead atoms. The Morgan fingerprint density at radius 1 is 1.26 bits per heavy atom. The Hall–Kier alpha value is -1.55. The summed E-state index contributed by atoms with van der Waals surface area (Å²) in [5, 5.41) is 18.4. The van der Waals surface area contributed by atoms with Gasteiger partial charge in [0.05, 0.1) is 6.54 Å². The van der Waals surface area contributed by atoms with E-state index in [2.05, 4.69) is 13.8 Å². The maximum Gasteiger partial charge on any atom is 0.317 e. The Labute approximate surface area is 114 Å². The molecule has 0 aliphatic carbocycles. The SMILES string of the molecule is CCC(c1ccc(O)cc1)N(CC(=O)O)CC(C)C. The number of aliphatic carboxylic acids is 1. The number of carbonyl (C=O) groups is 1. The Morgan fingerprint density at radius 3 is 2.26 bits per heavy atom. The number of hydrogen-bond donors (Lipinski definition) is 2. The quantitative estimate of drug-likeness (QED) is 0.796. The van der Waals surface area contributed by atoms with Gasteiger partial charge in [-0.05, 0) is 30.0 Å². The highest BCUT2D eigenvalue weighted by atomic mass is 16.4. The van der Waals surface area contributed by atoms with Crippen molar-refractivity contribution in [2.45, 2.75) is 33.2 Å². The van der Waals surface area contributed by atoms with Crippen LogP contribution in [0.2, 0.25) is 0 Å². The van der Waals surface area contributed by atoms with Gasteiger partial charge in [0, 0.05) is 12.6 Å². The van der Waals surface area contributed by atoms with Crippen LogP contribution in [0.5, 0.6) is 5.75 Å². The van der Waals surface area contributed by atoms with Crippen LogP contribution in [0.4, 0.5) is 0 Å². The molecule has 106 valence electrons. The van der Waals surface area contributed by atoms with E-state index in [1.54, 1.807) is 12.1 Å². The lowest BCUT2D eigenvalue weighted by atomic mass is 10.0. The number of benzene rings is 1. The molecule has 0 aromatic heterocycles. The lowest BCUT2D eigenvalue weighted by Gasteiger charge is -2.31. The van der Waals surface area contributed by atoms with E-state index in [4.69, 9.17) is 5.11 Å². The first-order valence-electron chi connectivity index (χ1n) is 6.68. The van der Waals surface area contributed by atoms with Crippen LogP contribution in [0.3, 0.4) is 0 Å². The summed E-state index contributed by atoms with van der Waals surface area (Å²) in [5.41, 5.74) is 1.04. The molecule has 1 aromatic carbocycles. The van der Waals surface area contributed by atoms with Crippen LogP contribution in [-0.2, 0) is 4.79 Å². The molecule has 0 radical (unpaired) electrons. The summed E-state index contributed by atoms with van der Waals surface area (Å²) in [5.74, 6) is -0.171. The predicted molar refractivity (Wildman–Crippen MR) is 75.2 cm³/mol. The third kappa shape index (κ3) is 4.91. The Bertz CT molecular complexity index is 400. The number of carboxylic acids is 1. The van der Waals surface area contributed by atoms with Gasteiger partial charge in [-0.15, -0.1) is 0 Å². The molecule has 0 saturated carbocycles. The van der Waals surface area contributed by atoms with Crippen molar-refractivity contribution in [3.63, 3.8) is 0 Å². The highest BCUT2D eigenvalue weighted by Crippen LogP contribution is 2.26. The summed E-state index contributed by atoms with van der Waals surface area (Å²) >= 11 is 0. The highest BCUT2D eigenvalue weighted by molar-refractivity contribution is 5.69. The summed E-state index contributed by atoms with van der Waals surface area (Å²) < 4.78 is 0. The second-order valence-electron chi connectivity index (χ2n) is 5.23. The van der Waals surface area contributed by atoms with E-state index in [9.17, 15) is 9.90 Å². The van der Waals surface area contributed by atoms with Crippen molar-refractivity contribution >= 4 is 5.97 Å². The molecule has 0 saturated heterocycles. The van der Waals surface area contributed by atoms with Crippen molar-refractivity contribution in [1.29, 1.82) is 0 Å². The first-order valence-corrected chi connectivity index (χ1v) is 6.68. The van der Waals surface area contributed by atoms with Gasteiger partial charge in [0.15, 0.2) is 0 Å². The van der Waals surface area contributed by atoms with Crippen molar-refractivity contribution in [1.82, 2.24) is 4.90 Å². The molecular formula is C15H23NO3. The third-order valence-electron chi connectivity index (χ3n) is 3.04. The van der Waals surface area contributed by atoms with Gasteiger partial charge in [-0.3, -0.25) is 9.69 Å². The number of rotatable bonds is 7. The molecule has 0 spiro atoms. The largest absolute Gasteiger partial charge is 0.508 e. The molecule has 4 nitrogen and oxygen atoms in total. The fourth-order valence-corrected chi connectivity index (χ4v) is 2.35. The van der Waals surface area contributed by atoms with Gasteiger partial charge >= 0.3 is 5.97 Å². The summed E-state index contributed by atoms with van der Waals surface area (Å²) in [6.45, 7) is 6.99. The number of aromatic hydroxyl groups is 1. The van der Waals surface area contributed by atoms with E-state index in [1.807, 2.05) is 24.0 Å². The van der Waals surface area contributed by atoms with Crippen LogP contribution < -0.4 is 0 Å². The van der Waals surface area contributed by atoms with E-state index < -0.39 is 5.97 Å². The number of phenols is 1. The lowest BCUT2D eigenvalue weighted by molar-refractivity contribution is -0.139. The summed E-state index contributed by atoms with van der Waals surface area (Å²) in [6.07, 6.45) is 0.838. The predicted octanol–water partition coefficient (Wildman–Crippen LogP) is 2.89. The molecule has 1 unspecified atom stereocenters. The minimum Gasteiger partial charge on any atom is -0.508 e. The maximum absolute atomic E-state index is 11.0. The number of nitrogens with zero attached hydrogens (tertiary/aromatic N) is 1. The number of phenolic OH excluding ortho intramolecular Hbond substituents is 1. The standard InChI is InChI=1S/C15H23NO3/c1-4-14(12-5-7-13(17)8-6-12)16(9-11(2)3)10-15(18)19/h5-8,11,14,17H,4,9-10H2,1-3H3,(H,18,19). The topological polar surface area (TPSA) is 60.8 Å². The van der Waals surface area contributed by atoms with E-state index >= 15 is 0 Å². The van der Waals surface area contributed by atoms with Crippen molar-refractivity contribution < 1.29 is 15.0 Å². The normalized spacial score (nSPS) is 12.9. The molecule has 1 atom stereocenters. The molecule has 1 rings (SSSR count). The first kappa shape index (κ1) is 15.5. The second-order valence-corrected chi connectivity index (χ2v) is 5.23. The Morgan fingerprint density at radius 2 is 1.84 bits per heavy atom. The highest BCUT2D eigenvalue weighted by Gasteiger charge is 2.21. The van der Waals surface area contributed by atoms with Gasteiger partial charge in [0.1, 0.15) is 5.75 Å². The van der Waals surface area contributed by atoms with E-state index in [0.29, 0.717) is 5.92 Å². The second kappa shape index (κ2) is 7.14. The zero-order valence-electron chi connectivity index (χ0n) is 11.8. The molecule has 19 heavy (non-hydrogen) atoms. The Balaban J connectivity index is 2.94. The molecule has 0 amide bonds. The van der Waals surface area contributed by atoms with Gasteiger partial charge in [0.2, 0.25) is 0 Å². The average molecular weight is 265 g/mol. The molecule has 4 heteroatoms. The minimum absolute atomic E-state index is 0.0392. The van der Waals surface area contributed by atoms with Crippen LogP contribution in [0.15, 0.2) is 24.3 Å². The van der Waals surface area contributed by atoms with Gasteiger partial charge < -0.3 is 10.2 Å². The number of hydrogen-bond acceptors (Lipinski definition) is 3. The molecule has 1 aromatic rings. The smallest absolute Gasteiger partial charge is 0.317 e. The van der Waals surface area contributed by atoms with Crippen LogP contribution >= 0.6 is 0 Å². The van der Waals surface area contributed by atoms with Crippen LogP contribution in [0.25, 0.3) is 0 Å². The third-order valence-corrected chi connectivity index (χ3v) is 3.04. The summed E-state index contributed by atoms with van der Waals surface area (Å²) in [6, 6.07) is 7.08. The monoisotopic (exact) mass is 265 g/mol. The van der Waals surface area contributed by atoms with Crippen LogP contribution in [0.1, 0.15) is 38.8 Å². The maximum atomic E-state index is 11.0. The van der Waals surface area contributed by atoms with E-state index in [-0.39, 0.29) is 18.3 Å². The molecule has 0 fully saturated rings. The van der Waals surface area contributed by atoms with Crippen LogP contribution in [-0.4, -0.2) is 34.2 Å². The molecule has 0 aliphatic heterocycles. The zero-order chi connectivity index (χ0) is 14.4. The zero-order valence-corrected chi connectivity index (χ0v) is 11.8. The summed E-state index contributed by atoms with van der Waals surface area (Å²) in [7, 11) is 0. The minimum atomic E-state index is -0.808. The molecule has 0 aliphatic rings. The first-order chi connectivity index (χ1) is 8.93.